The normalized spacial score (nSPS) is 11.3. The van der Waals surface area contributed by atoms with Gasteiger partial charge in [0.25, 0.3) is 5.91 Å². The maximum atomic E-state index is 12.0. The predicted molar refractivity (Wildman–Crippen MR) is 82.7 cm³/mol. The lowest BCUT2D eigenvalue weighted by molar-refractivity contribution is 0.0955. The van der Waals surface area contributed by atoms with Crippen LogP contribution >= 0.6 is 11.3 Å². The molecule has 0 radical (unpaired) electrons. The Bertz CT molecular complexity index is 734. The van der Waals surface area contributed by atoms with Crippen LogP contribution in [0.25, 0.3) is 0 Å². The summed E-state index contributed by atoms with van der Waals surface area (Å²) in [6, 6.07) is 9.87. The van der Waals surface area contributed by atoms with Crippen molar-refractivity contribution in [2.45, 2.75) is 24.8 Å². The van der Waals surface area contributed by atoms with Gasteiger partial charge in [-0.15, -0.1) is 11.3 Å². The van der Waals surface area contributed by atoms with Crippen molar-refractivity contribution >= 4 is 27.3 Å². The van der Waals surface area contributed by atoms with Crippen LogP contribution in [-0.4, -0.2) is 14.3 Å². The zero-order chi connectivity index (χ0) is 15.5. The highest BCUT2D eigenvalue weighted by Gasteiger charge is 2.09. The molecule has 0 fully saturated rings. The van der Waals surface area contributed by atoms with Crippen LogP contribution in [-0.2, 0) is 23.0 Å². The van der Waals surface area contributed by atoms with Gasteiger partial charge in [0.1, 0.15) is 0 Å². The summed E-state index contributed by atoms with van der Waals surface area (Å²) in [5.41, 5.74) is 0.808. The summed E-state index contributed by atoms with van der Waals surface area (Å²) in [5, 5.41) is 7.83. The Balaban J connectivity index is 1.98. The quantitative estimate of drug-likeness (QED) is 0.880. The summed E-state index contributed by atoms with van der Waals surface area (Å²) in [6.07, 6.45) is 0.910. The first-order chi connectivity index (χ1) is 9.90. The molecule has 0 spiro atoms. The van der Waals surface area contributed by atoms with Crippen LogP contribution in [0, 0.1) is 0 Å². The summed E-state index contributed by atoms with van der Waals surface area (Å²) >= 11 is 1.47. The molecule has 0 aliphatic heterocycles. The first-order valence-electron chi connectivity index (χ1n) is 6.39. The molecule has 3 N–H and O–H groups in total. The molecule has 0 aliphatic carbocycles. The molecule has 0 aliphatic rings. The van der Waals surface area contributed by atoms with Crippen LogP contribution in [0.3, 0.4) is 0 Å². The summed E-state index contributed by atoms with van der Waals surface area (Å²) in [4.78, 5) is 13.9. The average Bonchev–Trinajstić information content (AvgIpc) is 2.93. The first kappa shape index (κ1) is 15.7. The zero-order valence-electron chi connectivity index (χ0n) is 11.5. The van der Waals surface area contributed by atoms with Gasteiger partial charge in [0.2, 0.25) is 10.0 Å². The fourth-order valence-electron chi connectivity index (χ4n) is 1.76. The molecule has 1 aromatic heterocycles. The minimum absolute atomic E-state index is 0.0587. The smallest absolute Gasteiger partial charge is 0.261 e. The van der Waals surface area contributed by atoms with Gasteiger partial charge in [0, 0.05) is 11.4 Å². The van der Waals surface area contributed by atoms with Crippen molar-refractivity contribution in [1.29, 1.82) is 0 Å². The molecule has 0 saturated carbocycles. The van der Waals surface area contributed by atoms with Crippen LogP contribution in [0.4, 0.5) is 0 Å². The average molecular weight is 324 g/mol. The van der Waals surface area contributed by atoms with Crippen LogP contribution in [0.5, 0.6) is 0 Å². The van der Waals surface area contributed by atoms with Gasteiger partial charge in [-0.25, -0.2) is 13.6 Å². The Morgan fingerprint density at radius 2 is 1.86 bits per heavy atom. The first-order valence-corrected chi connectivity index (χ1v) is 8.75. The number of sulfonamides is 1. The fourth-order valence-corrected chi connectivity index (χ4v) is 3.14. The molecule has 2 aromatic rings. The third-order valence-corrected chi connectivity index (χ3v) is 5.10. The SMILES string of the molecule is CCc1ccc(C(=O)NCc2ccc(S(N)(=O)=O)cc2)s1. The molecule has 21 heavy (non-hydrogen) atoms. The Morgan fingerprint density at radius 1 is 1.19 bits per heavy atom. The number of carbonyl (C=O) groups excluding carboxylic acids is 1. The van der Waals surface area contributed by atoms with E-state index in [1.807, 2.05) is 19.1 Å². The van der Waals surface area contributed by atoms with Crippen LogP contribution in [0.15, 0.2) is 41.3 Å². The van der Waals surface area contributed by atoms with E-state index in [2.05, 4.69) is 5.32 Å². The zero-order valence-corrected chi connectivity index (χ0v) is 13.1. The van der Waals surface area contributed by atoms with Crippen molar-refractivity contribution < 1.29 is 13.2 Å². The second-order valence-corrected chi connectivity index (χ2v) is 7.22. The molecule has 112 valence electrons. The number of hydrogen-bond acceptors (Lipinski definition) is 4. The highest BCUT2D eigenvalue weighted by atomic mass is 32.2. The third-order valence-electron chi connectivity index (χ3n) is 2.94. The van der Waals surface area contributed by atoms with E-state index in [0.29, 0.717) is 11.4 Å². The number of carbonyl (C=O) groups is 1. The largest absolute Gasteiger partial charge is 0.347 e. The molecule has 7 heteroatoms. The molecule has 5 nitrogen and oxygen atoms in total. The Kier molecular flexibility index (Phi) is 4.76. The molecule has 2 rings (SSSR count). The summed E-state index contributed by atoms with van der Waals surface area (Å²) in [7, 11) is -3.68. The molecule has 1 amide bonds. The highest BCUT2D eigenvalue weighted by Crippen LogP contribution is 2.17. The van der Waals surface area contributed by atoms with E-state index >= 15 is 0 Å². The summed E-state index contributed by atoms with van der Waals surface area (Å²) in [5.74, 6) is -0.129. The number of hydrogen-bond donors (Lipinski definition) is 2. The fraction of sp³-hybridized carbons (Fsp3) is 0.214. The van der Waals surface area contributed by atoms with Crippen molar-refractivity contribution in [3.05, 3.63) is 51.7 Å². The topological polar surface area (TPSA) is 89.3 Å². The number of primary sulfonamides is 1. The van der Waals surface area contributed by atoms with E-state index in [1.165, 1.54) is 23.5 Å². The second kappa shape index (κ2) is 6.38. The lowest BCUT2D eigenvalue weighted by atomic mass is 10.2. The van der Waals surface area contributed by atoms with E-state index in [4.69, 9.17) is 5.14 Å². The monoisotopic (exact) mass is 324 g/mol. The van der Waals surface area contributed by atoms with Crippen molar-refractivity contribution in [1.82, 2.24) is 5.32 Å². The lowest BCUT2D eigenvalue weighted by Crippen LogP contribution is -2.21. The number of benzene rings is 1. The van der Waals surface area contributed by atoms with Gasteiger partial charge in [-0.1, -0.05) is 19.1 Å². The molecule has 1 heterocycles. The van der Waals surface area contributed by atoms with Crippen LogP contribution in [0.1, 0.15) is 27.0 Å². The molecule has 1 aromatic carbocycles. The summed E-state index contributed by atoms with van der Waals surface area (Å²) < 4.78 is 22.3. The molecule has 0 unspecified atom stereocenters. The van der Waals surface area contributed by atoms with E-state index in [9.17, 15) is 13.2 Å². The highest BCUT2D eigenvalue weighted by molar-refractivity contribution is 7.89. The summed E-state index contributed by atoms with van der Waals surface area (Å²) in [6.45, 7) is 2.38. The Hall–Kier alpha value is -1.70. The van der Waals surface area contributed by atoms with Gasteiger partial charge >= 0.3 is 0 Å². The number of aryl methyl sites for hydroxylation is 1. The molecule has 0 saturated heterocycles. The third kappa shape index (κ3) is 4.13. The Morgan fingerprint density at radius 3 is 2.38 bits per heavy atom. The van der Waals surface area contributed by atoms with Gasteiger partial charge < -0.3 is 5.32 Å². The minimum Gasteiger partial charge on any atom is -0.347 e. The van der Waals surface area contributed by atoms with Crippen molar-refractivity contribution in [3.8, 4) is 0 Å². The van der Waals surface area contributed by atoms with E-state index in [0.717, 1.165) is 16.9 Å². The number of rotatable bonds is 5. The molecule has 0 bridgehead atoms. The van der Waals surface area contributed by atoms with Gasteiger partial charge in [-0.05, 0) is 36.2 Å². The van der Waals surface area contributed by atoms with Gasteiger partial charge in [0.15, 0.2) is 0 Å². The molecular weight excluding hydrogens is 308 g/mol. The number of amides is 1. The standard InChI is InChI=1S/C14H16N2O3S2/c1-2-11-5-8-13(20-11)14(17)16-9-10-3-6-12(7-4-10)21(15,18)19/h3-8H,2,9H2,1H3,(H,16,17)(H2,15,18,19). The van der Waals surface area contributed by atoms with E-state index in [-0.39, 0.29) is 10.8 Å². The molecule has 0 atom stereocenters. The van der Waals surface area contributed by atoms with Crippen molar-refractivity contribution in [2.75, 3.05) is 0 Å². The number of nitrogens with two attached hydrogens (primary N) is 1. The van der Waals surface area contributed by atoms with E-state index < -0.39 is 10.0 Å². The van der Waals surface area contributed by atoms with Crippen LogP contribution < -0.4 is 10.5 Å². The lowest BCUT2D eigenvalue weighted by Gasteiger charge is -2.05. The van der Waals surface area contributed by atoms with Crippen molar-refractivity contribution in [2.24, 2.45) is 5.14 Å². The van der Waals surface area contributed by atoms with Gasteiger partial charge in [-0.2, -0.15) is 0 Å². The molecular formula is C14H16N2O3S2. The van der Waals surface area contributed by atoms with Gasteiger partial charge in [-0.3, -0.25) is 4.79 Å². The van der Waals surface area contributed by atoms with Gasteiger partial charge in [0.05, 0.1) is 9.77 Å². The Labute approximate surface area is 127 Å². The second-order valence-electron chi connectivity index (χ2n) is 4.49. The minimum atomic E-state index is -3.68. The maximum Gasteiger partial charge on any atom is 0.261 e. The van der Waals surface area contributed by atoms with E-state index in [1.54, 1.807) is 12.1 Å². The number of thiophene rings is 1. The van der Waals surface area contributed by atoms with Crippen LogP contribution in [0.2, 0.25) is 0 Å². The van der Waals surface area contributed by atoms with Crippen molar-refractivity contribution in [3.63, 3.8) is 0 Å². The maximum absolute atomic E-state index is 12.0. The predicted octanol–water partition coefficient (Wildman–Crippen LogP) is 1.89. The number of nitrogens with one attached hydrogen (secondary N) is 1.